The number of carbonyl (C=O) groups excluding carboxylic acids is 2. The summed E-state index contributed by atoms with van der Waals surface area (Å²) in [4.78, 5) is 26.5. The van der Waals surface area contributed by atoms with Crippen molar-refractivity contribution in [2.24, 2.45) is 0 Å². The minimum Gasteiger partial charge on any atom is -0.346 e. The Morgan fingerprint density at radius 3 is 2.42 bits per heavy atom. The SMILES string of the molecule is Cc1cc(NC(=O)c2cc(C)n(C(C)C)c2C)ccc1N1CCCC1=O. The first kappa shape index (κ1) is 18.2. The smallest absolute Gasteiger partial charge is 0.257 e. The minimum absolute atomic E-state index is 0.102. The average Bonchev–Trinajstić information content (AvgIpc) is 3.10. The molecule has 138 valence electrons. The summed E-state index contributed by atoms with van der Waals surface area (Å²) in [5, 5.41) is 2.99. The topological polar surface area (TPSA) is 54.3 Å². The van der Waals surface area contributed by atoms with Crippen LogP contribution in [-0.2, 0) is 4.79 Å². The normalized spacial score (nSPS) is 14.4. The third kappa shape index (κ3) is 3.26. The van der Waals surface area contributed by atoms with Crippen LogP contribution in [0, 0.1) is 20.8 Å². The molecule has 2 amide bonds. The Labute approximate surface area is 155 Å². The van der Waals surface area contributed by atoms with Gasteiger partial charge in [-0.15, -0.1) is 0 Å². The van der Waals surface area contributed by atoms with E-state index in [2.05, 4.69) is 23.7 Å². The molecule has 1 aromatic heterocycles. The van der Waals surface area contributed by atoms with Crippen LogP contribution in [0.3, 0.4) is 0 Å². The zero-order valence-electron chi connectivity index (χ0n) is 16.2. The molecule has 1 fully saturated rings. The fourth-order valence-electron chi connectivity index (χ4n) is 3.94. The number of hydrogen-bond donors (Lipinski definition) is 1. The summed E-state index contributed by atoms with van der Waals surface area (Å²) in [5.41, 5.74) is 5.44. The van der Waals surface area contributed by atoms with Crippen LogP contribution < -0.4 is 10.2 Å². The summed E-state index contributed by atoms with van der Waals surface area (Å²) >= 11 is 0. The van der Waals surface area contributed by atoms with E-state index in [4.69, 9.17) is 0 Å². The van der Waals surface area contributed by atoms with Crippen LogP contribution in [0.2, 0.25) is 0 Å². The molecule has 5 nitrogen and oxygen atoms in total. The lowest BCUT2D eigenvalue weighted by molar-refractivity contribution is -0.117. The molecular weight excluding hydrogens is 326 g/mol. The van der Waals surface area contributed by atoms with Gasteiger partial charge in [0, 0.05) is 41.8 Å². The molecule has 2 aromatic rings. The quantitative estimate of drug-likeness (QED) is 0.887. The van der Waals surface area contributed by atoms with Crippen molar-refractivity contribution in [2.45, 2.75) is 53.5 Å². The van der Waals surface area contributed by atoms with E-state index in [0.717, 1.165) is 41.3 Å². The molecule has 1 aliphatic rings. The number of hydrogen-bond acceptors (Lipinski definition) is 2. The van der Waals surface area contributed by atoms with Crippen molar-refractivity contribution in [2.75, 3.05) is 16.8 Å². The maximum Gasteiger partial charge on any atom is 0.257 e. The van der Waals surface area contributed by atoms with Gasteiger partial charge in [0.15, 0.2) is 0 Å². The molecule has 1 aliphatic heterocycles. The molecule has 5 heteroatoms. The molecule has 1 N–H and O–H groups in total. The lowest BCUT2D eigenvalue weighted by atomic mass is 10.1. The lowest BCUT2D eigenvalue weighted by Gasteiger charge is -2.19. The highest BCUT2D eigenvalue weighted by atomic mass is 16.2. The molecule has 0 bridgehead atoms. The largest absolute Gasteiger partial charge is 0.346 e. The van der Waals surface area contributed by atoms with Crippen LogP contribution in [0.4, 0.5) is 11.4 Å². The molecule has 0 atom stereocenters. The Balaban J connectivity index is 1.81. The first-order chi connectivity index (χ1) is 12.3. The maximum atomic E-state index is 12.7. The molecule has 0 saturated carbocycles. The Bertz CT molecular complexity index is 864. The summed E-state index contributed by atoms with van der Waals surface area (Å²) in [6.07, 6.45) is 1.52. The second-order valence-electron chi connectivity index (χ2n) is 7.35. The monoisotopic (exact) mass is 353 g/mol. The van der Waals surface area contributed by atoms with Gasteiger partial charge in [0.05, 0.1) is 5.56 Å². The number of carbonyl (C=O) groups is 2. The zero-order chi connectivity index (χ0) is 19.0. The van der Waals surface area contributed by atoms with Crippen molar-refractivity contribution in [1.29, 1.82) is 0 Å². The van der Waals surface area contributed by atoms with Gasteiger partial charge >= 0.3 is 0 Å². The van der Waals surface area contributed by atoms with Gasteiger partial charge in [-0.3, -0.25) is 9.59 Å². The van der Waals surface area contributed by atoms with Gasteiger partial charge in [-0.2, -0.15) is 0 Å². The van der Waals surface area contributed by atoms with Crippen LogP contribution in [0.1, 0.15) is 60.0 Å². The predicted molar refractivity (Wildman–Crippen MR) is 105 cm³/mol. The Morgan fingerprint density at radius 1 is 1.15 bits per heavy atom. The van der Waals surface area contributed by atoms with Crippen LogP contribution in [-0.4, -0.2) is 22.9 Å². The van der Waals surface area contributed by atoms with Gasteiger partial charge in [0.2, 0.25) is 5.91 Å². The Morgan fingerprint density at radius 2 is 1.88 bits per heavy atom. The fourth-order valence-corrected chi connectivity index (χ4v) is 3.94. The summed E-state index contributed by atoms with van der Waals surface area (Å²) in [5.74, 6) is 0.0698. The van der Waals surface area contributed by atoms with E-state index in [1.165, 1.54) is 0 Å². The predicted octanol–water partition coefficient (Wildman–Crippen LogP) is 4.37. The van der Waals surface area contributed by atoms with Crippen molar-refractivity contribution < 1.29 is 9.59 Å². The number of nitrogens with zero attached hydrogens (tertiary/aromatic N) is 2. The first-order valence-electron chi connectivity index (χ1n) is 9.20. The highest BCUT2D eigenvalue weighted by molar-refractivity contribution is 6.05. The Hall–Kier alpha value is -2.56. The molecule has 1 aromatic carbocycles. The van der Waals surface area contributed by atoms with E-state index in [1.54, 1.807) is 0 Å². The highest BCUT2D eigenvalue weighted by Gasteiger charge is 2.23. The second-order valence-corrected chi connectivity index (χ2v) is 7.35. The number of aromatic nitrogens is 1. The molecule has 0 unspecified atom stereocenters. The van der Waals surface area contributed by atoms with Gasteiger partial charge in [-0.1, -0.05) is 0 Å². The number of aryl methyl sites for hydroxylation is 2. The standard InChI is InChI=1S/C21H27N3O2/c1-13(2)24-15(4)12-18(16(24)5)21(26)22-17-8-9-19(14(3)11-17)23-10-6-7-20(23)25/h8-9,11-13H,6-7,10H2,1-5H3,(H,22,26). The zero-order valence-corrected chi connectivity index (χ0v) is 16.2. The molecule has 0 spiro atoms. The summed E-state index contributed by atoms with van der Waals surface area (Å²) < 4.78 is 2.17. The molecule has 3 rings (SSSR count). The van der Waals surface area contributed by atoms with Crippen molar-refractivity contribution in [3.05, 3.63) is 46.8 Å². The fraction of sp³-hybridized carbons (Fsp3) is 0.429. The van der Waals surface area contributed by atoms with Crippen LogP contribution in [0.25, 0.3) is 0 Å². The Kier molecular flexibility index (Phi) is 4.90. The van der Waals surface area contributed by atoms with Gasteiger partial charge < -0.3 is 14.8 Å². The molecule has 2 heterocycles. The highest BCUT2D eigenvalue weighted by Crippen LogP contribution is 2.28. The summed E-state index contributed by atoms with van der Waals surface area (Å²) in [7, 11) is 0. The molecule has 0 aliphatic carbocycles. The van der Waals surface area contributed by atoms with Gasteiger partial charge in [0.25, 0.3) is 5.91 Å². The molecule has 26 heavy (non-hydrogen) atoms. The van der Waals surface area contributed by atoms with Crippen LogP contribution in [0.5, 0.6) is 0 Å². The van der Waals surface area contributed by atoms with Gasteiger partial charge in [-0.05, 0) is 70.9 Å². The lowest BCUT2D eigenvalue weighted by Crippen LogP contribution is -2.24. The van der Waals surface area contributed by atoms with Crippen molar-refractivity contribution in [3.63, 3.8) is 0 Å². The number of benzene rings is 1. The van der Waals surface area contributed by atoms with E-state index in [9.17, 15) is 9.59 Å². The molecule has 1 saturated heterocycles. The third-order valence-corrected chi connectivity index (χ3v) is 5.06. The van der Waals surface area contributed by atoms with E-state index < -0.39 is 0 Å². The van der Waals surface area contributed by atoms with Gasteiger partial charge in [0.1, 0.15) is 0 Å². The molecular formula is C21H27N3O2. The van der Waals surface area contributed by atoms with Crippen molar-refractivity contribution >= 4 is 23.2 Å². The minimum atomic E-state index is -0.102. The number of rotatable bonds is 4. The number of nitrogens with one attached hydrogen (secondary N) is 1. The van der Waals surface area contributed by atoms with E-state index >= 15 is 0 Å². The van der Waals surface area contributed by atoms with Crippen LogP contribution in [0.15, 0.2) is 24.3 Å². The van der Waals surface area contributed by atoms with Crippen LogP contribution >= 0.6 is 0 Å². The van der Waals surface area contributed by atoms with E-state index in [0.29, 0.717) is 18.0 Å². The maximum absolute atomic E-state index is 12.7. The average molecular weight is 353 g/mol. The second kappa shape index (κ2) is 6.98. The van der Waals surface area contributed by atoms with Crippen molar-refractivity contribution in [3.8, 4) is 0 Å². The van der Waals surface area contributed by atoms with Crippen molar-refractivity contribution in [1.82, 2.24) is 4.57 Å². The van der Waals surface area contributed by atoms with E-state index in [-0.39, 0.29) is 11.8 Å². The number of anilines is 2. The summed E-state index contributed by atoms with van der Waals surface area (Å²) in [6, 6.07) is 7.98. The third-order valence-electron chi connectivity index (χ3n) is 5.06. The summed E-state index contributed by atoms with van der Waals surface area (Å²) in [6.45, 7) is 11.0. The van der Waals surface area contributed by atoms with E-state index in [1.807, 2.05) is 49.9 Å². The molecule has 0 radical (unpaired) electrons. The first-order valence-corrected chi connectivity index (χ1v) is 9.20. The van der Waals surface area contributed by atoms with Gasteiger partial charge in [-0.25, -0.2) is 0 Å². The number of amides is 2.